The molecule has 2 heterocycles. The minimum atomic E-state index is -0.753. The summed E-state index contributed by atoms with van der Waals surface area (Å²) < 4.78 is 16.3. The maximum atomic E-state index is 14.7. The number of rotatable bonds is 3. The minimum Gasteiger partial charge on any atom is -0.366 e. The number of nitrogens with zero attached hydrogens (tertiary/aromatic N) is 3. The summed E-state index contributed by atoms with van der Waals surface area (Å²) in [5.74, 6) is -0.533. The summed E-state index contributed by atoms with van der Waals surface area (Å²) in [6.07, 6.45) is 1.23. The highest BCUT2D eigenvalue weighted by molar-refractivity contribution is 5.85. The van der Waals surface area contributed by atoms with Crippen LogP contribution in [0.15, 0.2) is 23.1 Å². The molecule has 0 saturated carbocycles. The largest absolute Gasteiger partial charge is 0.366 e. The van der Waals surface area contributed by atoms with E-state index in [1.165, 1.54) is 6.20 Å². The smallest absolute Gasteiger partial charge is 0.332 e. The van der Waals surface area contributed by atoms with Crippen LogP contribution in [0.2, 0.25) is 0 Å². The van der Waals surface area contributed by atoms with E-state index < -0.39 is 21.9 Å². The second-order valence-corrected chi connectivity index (χ2v) is 6.58. The van der Waals surface area contributed by atoms with Gasteiger partial charge in [0, 0.05) is 31.7 Å². The van der Waals surface area contributed by atoms with Gasteiger partial charge in [0.05, 0.1) is 27.7 Å². The van der Waals surface area contributed by atoms with Crippen LogP contribution in [0.4, 0.5) is 15.8 Å². The number of hydrogen-bond donors (Lipinski definition) is 1. The molecule has 2 aromatic rings. The SMILES string of the molecule is CCn1cc([N+](=O)[O-])c(=O)c2cc(F)c(N3C[C@@H](C)N[C@@H](C)C3)cc21. The molecule has 1 saturated heterocycles. The first kappa shape index (κ1) is 17.3. The van der Waals surface area contributed by atoms with E-state index in [1.54, 1.807) is 10.6 Å². The first-order valence-corrected chi connectivity index (χ1v) is 8.33. The third kappa shape index (κ3) is 3.09. The van der Waals surface area contributed by atoms with Crippen molar-refractivity contribution in [2.24, 2.45) is 0 Å². The molecule has 1 aromatic heterocycles. The second kappa shape index (κ2) is 6.44. The van der Waals surface area contributed by atoms with Crippen LogP contribution in [0, 0.1) is 15.9 Å². The maximum Gasteiger partial charge on any atom is 0.332 e. The lowest BCUT2D eigenvalue weighted by Crippen LogP contribution is -2.54. The normalized spacial score (nSPS) is 20.9. The van der Waals surface area contributed by atoms with Crippen LogP contribution in [-0.2, 0) is 6.54 Å². The van der Waals surface area contributed by atoms with Gasteiger partial charge in [-0.2, -0.15) is 0 Å². The molecule has 1 aliphatic rings. The van der Waals surface area contributed by atoms with E-state index in [1.807, 2.05) is 25.7 Å². The molecule has 0 bridgehead atoms. The van der Waals surface area contributed by atoms with Gasteiger partial charge < -0.3 is 14.8 Å². The summed E-state index contributed by atoms with van der Waals surface area (Å²) in [6, 6.07) is 3.18. The van der Waals surface area contributed by atoms with Crippen LogP contribution in [0.5, 0.6) is 0 Å². The van der Waals surface area contributed by atoms with Crippen molar-refractivity contribution in [3.8, 4) is 0 Å². The second-order valence-electron chi connectivity index (χ2n) is 6.58. The van der Waals surface area contributed by atoms with Crippen LogP contribution in [0.1, 0.15) is 20.8 Å². The van der Waals surface area contributed by atoms with Gasteiger partial charge in [-0.05, 0) is 32.9 Å². The number of aromatic nitrogens is 1. The van der Waals surface area contributed by atoms with Gasteiger partial charge in [-0.25, -0.2) is 4.39 Å². The molecule has 0 aliphatic carbocycles. The fraction of sp³-hybridized carbons (Fsp3) is 0.471. The molecule has 1 aromatic carbocycles. The fourth-order valence-electron chi connectivity index (χ4n) is 3.54. The Hall–Kier alpha value is -2.48. The van der Waals surface area contributed by atoms with Gasteiger partial charge in [-0.3, -0.25) is 14.9 Å². The molecule has 1 fully saturated rings. The Labute approximate surface area is 144 Å². The number of nitrogens with one attached hydrogen (secondary N) is 1. The number of hydrogen-bond acceptors (Lipinski definition) is 5. The lowest BCUT2D eigenvalue weighted by molar-refractivity contribution is -0.386. The molecule has 25 heavy (non-hydrogen) atoms. The Bertz CT molecular complexity index is 886. The summed E-state index contributed by atoms with van der Waals surface area (Å²) in [7, 11) is 0. The van der Waals surface area contributed by atoms with Crippen molar-refractivity contribution in [3.63, 3.8) is 0 Å². The molecule has 3 rings (SSSR count). The van der Waals surface area contributed by atoms with Crippen molar-refractivity contribution in [1.29, 1.82) is 0 Å². The number of anilines is 1. The summed E-state index contributed by atoms with van der Waals surface area (Å²) >= 11 is 0. The number of aryl methyl sites for hydroxylation is 1. The van der Waals surface area contributed by atoms with E-state index in [-0.39, 0.29) is 17.5 Å². The van der Waals surface area contributed by atoms with E-state index in [2.05, 4.69) is 5.32 Å². The molecule has 1 N–H and O–H groups in total. The lowest BCUT2D eigenvalue weighted by Gasteiger charge is -2.37. The van der Waals surface area contributed by atoms with Crippen molar-refractivity contribution in [3.05, 3.63) is 44.5 Å². The van der Waals surface area contributed by atoms with Crippen LogP contribution >= 0.6 is 0 Å². The highest BCUT2D eigenvalue weighted by atomic mass is 19.1. The van der Waals surface area contributed by atoms with Gasteiger partial charge in [0.2, 0.25) is 0 Å². The topological polar surface area (TPSA) is 80.4 Å². The summed E-state index contributed by atoms with van der Waals surface area (Å²) in [5.41, 5.74) is -0.361. The van der Waals surface area contributed by atoms with Gasteiger partial charge in [-0.1, -0.05) is 0 Å². The van der Waals surface area contributed by atoms with Crippen LogP contribution in [0.25, 0.3) is 10.9 Å². The molecular weight excluding hydrogens is 327 g/mol. The van der Waals surface area contributed by atoms with Gasteiger partial charge in [0.15, 0.2) is 0 Å². The molecule has 7 nitrogen and oxygen atoms in total. The maximum absolute atomic E-state index is 14.7. The van der Waals surface area contributed by atoms with Gasteiger partial charge in [-0.15, -0.1) is 0 Å². The standard InChI is InChI=1S/C17H21FN4O3/c1-4-20-9-16(22(24)25)17(23)12-5-13(18)15(6-14(12)20)21-7-10(2)19-11(3)8-21/h5-6,9-11,19H,4,7-8H2,1-3H3/t10-,11+. The molecule has 1 aliphatic heterocycles. The van der Waals surface area contributed by atoms with Crippen LogP contribution in [0.3, 0.4) is 0 Å². The summed E-state index contributed by atoms with van der Waals surface area (Å²) in [5, 5.41) is 14.5. The molecule has 0 spiro atoms. The quantitative estimate of drug-likeness (QED) is 0.680. The first-order chi connectivity index (χ1) is 11.8. The number of nitro groups is 1. The fourth-order valence-corrected chi connectivity index (χ4v) is 3.54. The number of pyridine rings is 1. The van der Waals surface area contributed by atoms with E-state index in [0.717, 1.165) is 6.07 Å². The van der Waals surface area contributed by atoms with Crippen LogP contribution < -0.4 is 15.6 Å². The Morgan fingerprint density at radius 2 is 1.96 bits per heavy atom. The average Bonchev–Trinajstić information content (AvgIpc) is 2.54. The number of piperazine rings is 1. The van der Waals surface area contributed by atoms with Crippen molar-refractivity contribution in [2.45, 2.75) is 39.4 Å². The summed E-state index contributed by atoms with van der Waals surface area (Å²) in [4.78, 5) is 24.7. The Balaban J connectivity index is 2.20. The van der Waals surface area contributed by atoms with Crippen LogP contribution in [-0.4, -0.2) is 34.7 Å². The van der Waals surface area contributed by atoms with Gasteiger partial charge >= 0.3 is 5.69 Å². The third-order valence-corrected chi connectivity index (χ3v) is 4.57. The lowest BCUT2D eigenvalue weighted by atomic mass is 10.1. The predicted octanol–water partition coefficient (Wildman–Crippen LogP) is 2.26. The zero-order valence-electron chi connectivity index (χ0n) is 14.5. The minimum absolute atomic E-state index is 0.0357. The zero-order valence-corrected chi connectivity index (χ0v) is 14.5. The highest BCUT2D eigenvalue weighted by Crippen LogP contribution is 2.27. The molecule has 0 amide bonds. The molecular formula is C17H21FN4O3. The predicted molar refractivity (Wildman–Crippen MR) is 94.8 cm³/mol. The Morgan fingerprint density at radius 1 is 1.32 bits per heavy atom. The molecule has 134 valence electrons. The third-order valence-electron chi connectivity index (χ3n) is 4.57. The number of fused-ring (bicyclic) bond motifs is 1. The molecule has 8 heteroatoms. The van der Waals surface area contributed by atoms with Gasteiger partial charge in [0.1, 0.15) is 5.82 Å². The average molecular weight is 348 g/mol. The van der Waals surface area contributed by atoms with Crippen molar-refractivity contribution in [1.82, 2.24) is 9.88 Å². The highest BCUT2D eigenvalue weighted by Gasteiger charge is 2.25. The van der Waals surface area contributed by atoms with Crippen molar-refractivity contribution >= 4 is 22.3 Å². The molecule has 0 radical (unpaired) electrons. The number of halogens is 1. The Kier molecular flexibility index (Phi) is 4.47. The van der Waals surface area contributed by atoms with Gasteiger partial charge in [0.25, 0.3) is 5.43 Å². The van der Waals surface area contributed by atoms with E-state index >= 15 is 0 Å². The van der Waals surface area contributed by atoms with E-state index in [4.69, 9.17) is 0 Å². The Morgan fingerprint density at radius 3 is 2.52 bits per heavy atom. The van der Waals surface area contributed by atoms with Crippen molar-refractivity contribution < 1.29 is 9.31 Å². The zero-order chi connectivity index (χ0) is 18.3. The monoisotopic (exact) mass is 348 g/mol. The number of benzene rings is 1. The van der Waals surface area contributed by atoms with E-state index in [9.17, 15) is 19.3 Å². The first-order valence-electron chi connectivity index (χ1n) is 8.33. The summed E-state index contributed by atoms with van der Waals surface area (Å²) in [6.45, 7) is 7.63. The molecule has 2 atom stereocenters. The molecule has 0 unspecified atom stereocenters. The van der Waals surface area contributed by atoms with Crippen molar-refractivity contribution in [2.75, 3.05) is 18.0 Å². The van der Waals surface area contributed by atoms with E-state index in [0.29, 0.717) is 30.8 Å².